The van der Waals surface area contributed by atoms with Crippen molar-refractivity contribution in [3.05, 3.63) is 54.1 Å². The Labute approximate surface area is 157 Å². The van der Waals surface area contributed by atoms with Crippen molar-refractivity contribution >= 4 is 16.6 Å². The van der Waals surface area contributed by atoms with Crippen molar-refractivity contribution in [1.29, 1.82) is 5.26 Å². The summed E-state index contributed by atoms with van der Waals surface area (Å²) in [5, 5.41) is 19.9. The highest BCUT2D eigenvalue weighted by atomic mass is 16.5. The lowest BCUT2D eigenvalue weighted by Gasteiger charge is -2.12. The average Bonchev–Trinajstić information content (AvgIpc) is 2.94. The van der Waals surface area contributed by atoms with Crippen molar-refractivity contribution in [2.75, 3.05) is 6.61 Å². The predicted octanol–water partition coefficient (Wildman–Crippen LogP) is 3.41. The number of benzene rings is 2. The van der Waals surface area contributed by atoms with Crippen LogP contribution in [0.2, 0.25) is 0 Å². The maximum atomic E-state index is 12.7. The Morgan fingerprint density at radius 1 is 1.15 bits per heavy atom. The van der Waals surface area contributed by atoms with Gasteiger partial charge in [0.05, 0.1) is 6.07 Å². The highest BCUT2D eigenvalue weighted by Gasteiger charge is 2.28. The Morgan fingerprint density at radius 2 is 2.00 bits per heavy atom. The van der Waals surface area contributed by atoms with Gasteiger partial charge in [-0.15, -0.1) is 10.2 Å². The van der Waals surface area contributed by atoms with Crippen molar-refractivity contribution in [3.63, 3.8) is 0 Å². The summed E-state index contributed by atoms with van der Waals surface area (Å²) in [4.78, 5) is 12.7. The molecule has 2 aromatic carbocycles. The van der Waals surface area contributed by atoms with E-state index in [-0.39, 0.29) is 12.4 Å². The summed E-state index contributed by atoms with van der Waals surface area (Å²) in [6, 6.07) is 15.7. The Hall–Kier alpha value is -3.20. The van der Waals surface area contributed by atoms with Crippen LogP contribution in [-0.4, -0.2) is 27.2 Å². The molecule has 3 aromatic rings. The summed E-state index contributed by atoms with van der Waals surface area (Å²) < 4.78 is 7.71. The molecule has 1 aliphatic heterocycles. The van der Waals surface area contributed by atoms with Crippen LogP contribution in [-0.2, 0) is 17.8 Å². The molecule has 4 rings (SSSR count). The molecule has 6 heteroatoms. The van der Waals surface area contributed by atoms with Gasteiger partial charge < -0.3 is 9.30 Å². The third-order valence-electron chi connectivity index (χ3n) is 4.97. The van der Waals surface area contributed by atoms with E-state index in [0.717, 1.165) is 48.8 Å². The molecule has 1 aliphatic rings. The first-order chi connectivity index (χ1) is 13.3. The third-order valence-corrected chi connectivity index (χ3v) is 4.97. The monoisotopic (exact) mass is 360 g/mol. The van der Waals surface area contributed by atoms with E-state index in [1.165, 1.54) is 0 Å². The number of carbonyl (C=O) groups excluding carboxylic acids is 1. The van der Waals surface area contributed by atoms with E-state index >= 15 is 0 Å². The van der Waals surface area contributed by atoms with E-state index in [2.05, 4.69) is 16.3 Å². The van der Waals surface area contributed by atoms with E-state index in [9.17, 15) is 10.1 Å². The number of ketones is 1. The molecule has 0 fully saturated rings. The normalized spacial score (nSPS) is 14.8. The van der Waals surface area contributed by atoms with Crippen molar-refractivity contribution in [1.82, 2.24) is 14.8 Å². The summed E-state index contributed by atoms with van der Waals surface area (Å²) in [6.07, 6.45) is 4.04. The number of Topliss-reactive ketones (excluding diaryl/α,β-unsaturated/α-hetero) is 1. The van der Waals surface area contributed by atoms with Gasteiger partial charge >= 0.3 is 0 Å². The van der Waals surface area contributed by atoms with Gasteiger partial charge in [-0.1, -0.05) is 42.8 Å². The summed E-state index contributed by atoms with van der Waals surface area (Å²) >= 11 is 0. The van der Waals surface area contributed by atoms with Crippen LogP contribution in [0.5, 0.6) is 5.75 Å². The van der Waals surface area contributed by atoms with Crippen molar-refractivity contribution < 1.29 is 9.53 Å². The number of nitrogens with zero attached hydrogens (tertiary/aromatic N) is 4. The molecule has 1 atom stereocenters. The highest BCUT2D eigenvalue weighted by Crippen LogP contribution is 2.26. The Kier molecular flexibility index (Phi) is 4.84. The van der Waals surface area contributed by atoms with Crippen molar-refractivity contribution in [2.45, 2.75) is 38.1 Å². The molecular formula is C21H20N4O2. The van der Waals surface area contributed by atoms with Gasteiger partial charge in [0.25, 0.3) is 0 Å². The smallest absolute Gasteiger partial charge is 0.195 e. The lowest BCUT2D eigenvalue weighted by atomic mass is 10.1. The SMILES string of the molecule is N#CC(C(=O)COc1cccc2ccccc12)c1nnc2n1CCCCC2. The number of ether oxygens (including phenoxy) is 1. The van der Waals surface area contributed by atoms with E-state index < -0.39 is 5.92 Å². The molecule has 0 amide bonds. The van der Waals surface area contributed by atoms with Crippen LogP contribution in [0.3, 0.4) is 0 Å². The molecule has 0 bridgehead atoms. The predicted molar refractivity (Wildman–Crippen MR) is 100 cm³/mol. The molecule has 27 heavy (non-hydrogen) atoms. The largest absolute Gasteiger partial charge is 0.485 e. The maximum Gasteiger partial charge on any atom is 0.195 e. The Bertz CT molecular complexity index is 1010. The van der Waals surface area contributed by atoms with Crippen LogP contribution in [0.15, 0.2) is 42.5 Å². The second-order valence-electron chi connectivity index (χ2n) is 6.73. The molecule has 2 heterocycles. The Balaban J connectivity index is 1.53. The fourth-order valence-electron chi connectivity index (χ4n) is 3.55. The van der Waals surface area contributed by atoms with Crippen LogP contribution in [0.4, 0.5) is 0 Å². The van der Waals surface area contributed by atoms with Gasteiger partial charge in [-0.3, -0.25) is 4.79 Å². The van der Waals surface area contributed by atoms with Crippen LogP contribution in [0.25, 0.3) is 10.8 Å². The molecule has 1 unspecified atom stereocenters. The first kappa shape index (κ1) is 17.2. The molecule has 0 saturated heterocycles. The number of aromatic nitrogens is 3. The number of aryl methyl sites for hydroxylation is 1. The first-order valence-electron chi connectivity index (χ1n) is 9.23. The van der Waals surface area contributed by atoms with Crippen molar-refractivity contribution in [2.24, 2.45) is 0 Å². The number of rotatable bonds is 5. The fraction of sp³-hybridized carbons (Fsp3) is 0.333. The molecule has 136 valence electrons. The van der Waals surface area contributed by atoms with Crippen LogP contribution in [0, 0.1) is 11.3 Å². The molecule has 0 radical (unpaired) electrons. The van der Waals surface area contributed by atoms with Gasteiger partial charge in [-0.05, 0) is 24.3 Å². The van der Waals surface area contributed by atoms with E-state index in [4.69, 9.17) is 4.74 Å². The van der Waals surface area contributed by atoms with Gasteiger partial charge in [0, 0.05) is 18.4 Å². The number of hydrogen-bond donors (Lipinski definition) is 0. The number of hydrogen-bond acceptors (Lipinski definition) is 5. The number of fused-ring (bicyclic) bond motifs is 2. The molecule has 1 aromatic heterocycles. The molecule has 6 nitrogen and oxygen atoms in total. The van der Waals surface area contributed by atoms with Crippen LogP contribution in [0.1, 0.15) is 36.8 Å². The second-order valence-corrected chi connectivity index (χ2v) is 6.73. The maximum absolute atomic E-state index is 12.7. The van der Waals surface area contributed by atoms with E-state index in [0.29, 0.717) is 11.6 Å². The zero-order valence-corrected chi connectivity index (χ0v) is 15.0. The zero-order chi connectivity index (χ0) is 18.6. The summed E-state index contributed by atoms with van der Waals surface area (Å²) in [6.45, 7) is 0.585. The van der Waals surface area contributed by atoms with Gasteiger partial charge in [0.2, 0.25) is 0 Å². The van der Waals surface area contributed by atoms with Crippen LogP contribution < -0.4 is 4.74 Å². The van der Waals surface area contributed by atoms with E-state index in [1.54, 1.807) is 0 Å². The van der Waals surface area contributed by atoms with E-state index in [1.807, 2.05) is 47.0 Å². The quantitative estimate of drug-likeness (QED) is 0.696. The fourth-order valence-corrected chi connectivity index (χ4v) is 3.55. The topological polar surface area (TPSA) is 80.8 Å². The lowest BCUT2D eigenvalue weighted by molar-refractivity contribution is -0.121. The van der Waals surface area contributed by atoms with Gasteiger partial charge in [0.1, 0.15) is 18.2 Å². The number of carbonyl (C=O) groups is 1. The molecule has 0 N–H and O–H groups in total. The molecule has 0 saturated carbocycles. The zero-order valence-electron chi connectivity index (χ0n) is 15.0. The highest BCUT2D eigenvalue weighted by molar-refractivity contribution is 5.91. The molecule has 0 aliphatic carbocycles. The number of nitriles is 1. The third kappa shape index (κ3) is 3.41. The summed E-state index contributed by atoms with van der Waals surface area (Å²) in [5.74, 6) is 0.689. The van der Waals surface area contributed by atoms with Gasteiger partial charge in [-0.25, -0.2) is 0 Å². The first-order valence-corrected chi connectivity index (χ1v) is 9.23. The van der Waals surface area contributed by atoms with Gasteiger partial charge in [0.15, 0.2) is 17.5 Å². The standard InChI is InChI=1S/C21H20N4O2/c22-13-17(21-24-23-20-11-2-1-5-12-25(20)21)18(26)14-27-19-10-6-8-15-7-3-4-9-16(15)19/h3-4,6-10,17H,1-2,5,11-12,14H2. The van der Waals surface area contributed by atoms with Crippen molar-refractivity contribution in [3.8, 4) is 11.8 Å². The van der Waals surface area contributed by atoms with Gasteiger partial charge in [-0.2, -0.15) is 5.26 Å². The molecular weight excluding hydrogens is 340 g/mol. The minimum Gasteiger partial charge on any atom is -0.485 e. The average molecular weight is 360 g/mol. The minimum atomic E-state index is -0.959. The Morgan fingerprint density at radius 3 is 2.89 bits per heavy atom. The van der Waals surface area contributed by atoms with Crippen LogP contribution >= 0.6 is 0 Å². The molecule has 0 spiro atoms. The lowest BCUT2D eigenvalue weighted by Crippen LogP contribution is -2.22. The second kappa shape index (κ2) is 7.58. The summed E-state index contributed by atoms with van der Waals surface area (Å²) in [5.41, 5.74) is 0. The summed E-state index contributed by atoms with van der Waals surface area (Å²) in [7, 11) is 0. The minimum absolute atomic E-state index is 0.172.